The molecule has 1 aromatic rings. The maximum atomic E-state index is 11.4. The number of aliphatic carboxylic acids is 1. The van der Waals surface area contributed by atoms with Crippen molar-refractivity contribution in [1.82, 2.24) is 0 Å². The molecule has 1 saturated heterocycles. The lowest BCUT2D eigenvalue weighted by molar-refractivity contribution is -0.294. The van der Waals surface area contributed by atoms with E-state index in [1.165, 1.54) is 0 Å². The summed E-state index contributed by atoms with van der Waals surface area (Å²) in [5, 5.41) is 19.4. The van der Waals surface area contributed by atoms with Gasteiger partial charge in [0.15, 0.2) is 24.6 Å². The SMILES string of the molecule is CC(=O)O[C@H]1[C@H](OCc2ccccc2)[C@@H](OC(C)=O)C(O)O[C@@H]1C(=O)O. The van der Waals surface area contributed by atoms with Crippen LogP contribution >= 0.6 is 0 Å². The molecule has 1 heterocycles. The Kier molecular flexibility index (Phi) is 6.67. The molecule has 26 heavy (non-hydrogen) atoms. The van der Waals surface area contributed by atoms with E-state index in [0.717, 1.165) is 19.4 Å². The van der Waals surface area contributed by atoms with Gasteiger partial charge in [0.1, 0.15) is 6.10 Å². The zero-order chi connectivity index (χ0) is 19.3. The summed E-state index contributed by atoms with van der Waals surface area (Å²) in [6, 6.07) is 8.92. The first-order valence-corrected chi connectivity index (χ1v) is 7.86. The molecule has 0 aromatic heterocycles. The maximum absolute atomic E-state index is 11.4. The lowest BCUT2D eigenvalue weighted by Crippen LogP contribution is -2.62. The summed E-state index contributed by atoms with van der Waals surface area (Å²) in [4.78, 5) is 34.2. The zero-order valence-corrected chi connectivity index (χ0v) is 14.2. The number of rotatable bonds is 6. The molecule has 2 N–H and O–H groups in total. The van der Waals surface area contributed by atoms with E-state index in [0.29, 0.717) is 0 Å². The summed E-state index contributed by atoms with van der Waals surface area (Å²) >= 11 is 0. The highest BCUT2D eigenvalue weighted by Crippen LogP contribution is 2.28. The fourth-order valence-electron chi connectivity index (χ4n) is 2.62. The second-order valence-electron chi connectivity index (χ2n) is 5.69. The fraction of sp³-hybridized carbons (Fsp3) is 0.471. The van der Waals surface area contributed by atoms with Crippen LogP contribution in [0.15, 0.2) is 30.3 Å². The van der Waals surface area contributed by atoms with Gasteiger partial charge in [0, 0.05) is 13.8 Å². The van der Waals surface area contributed by atoms with E-state index in [1.807, 2.05) is 6.07 Å². The van der Waals surface area contributed by atoms with Crippen LogP contribution in [0.4, 0.5) is 0 Å². The summed E-state index contributed by atoms with van der Waals surface area (Å²) in [6.07, 6.45) is -7.46. The van der Waals surface area contributed by atoms with Gasteiger partial charge < -0.3 is 29.2 Å². The minimum absolute atomic E-state index is 0.0140. The highest BCUT2D eigenvalue weighted by molar-refractivity contribution is 5.75. The lowest BCUT2D eigenvalue weighted by Gasteiger charge is -2.41. The smallest absolute Gasteiger partial charge is 0.336 e. The Morgan fingerprint density at radius 2 is 1.58 bits per heavy atom. The Hall–Kier alpha value is -2.49. The number of aliphatic hydroxyl groups excluding tert-OH is 1. The number of benzene rings is 1. The Bertz CT molecular complexity index is 645. The molecule has 0 spiro atoms. The number of aliphatic hydroxyl groups is 1. The van der Waals surface area contributed by atoms with Gasteiger partial charge in [0.25, 0.3) is 0 Å². The van der Waals surface area contributed by atoms with Crippen molar-refractivity contribution < 1.29 is 43.5 Å². The topological polar surface area (TPSA) is 129 Å². The van der Waals surface area contributed by atoms with Gasteiger partial charge in [-0.05, 0) is 5.56 Å². The summed E-state index contributed by atoms with van der Waals surface area (Å²) in [5.74, 6) is -2.96. The number of carbonyl (C=O) groups excluding carboxylic acids is 2. The fourth-order valence-corrected chi connectivity index (χ4v) is 2.62. The Balaban J connectivity index is 2.29. The lowest BCUT2D eigenvalue weighted by atomic mass is 9.98. The van der Waals surface area contributed by atoms with Crippen LogP contribution in [0.5, 0.6) is 0 Å². The normalized spacial score (nSPS) is 28.2. The monoisotopic (exact) mass is 368 g/mol. The molecular formula is C17H20O9. The highest BCUT2D eigenvalue weighted by atomic mass is 16.7. The minimum atomic E-state index is -1.76. The van der Waals surface area contributed by atoms with Gasteiger partial charge in [0.2, 0.25) is 0 Å². The van der Waals surface area contributed by atoms with Crippen molar-refractivity contribution in [2.75, 3.05) is 0 Å². The van der Waals surface area contributed by atoms with Crippen LogP contribution in [0.3, 0.4) is 0 Å². The first-order chi connectivity index (χ1) is 12.3. The summed E-state index contributed by atoms with van der Waals surface area (Å²) in [5.41, 5.74) is 0.753. The van der Waals surface area contributed by atoms with Gasteiger partial charge in [-0.2, -0.15) is 0 Å². The summed E-state index contributed by atoms with van der Waals surface area (Å²) < 4.78 is 20.7. The number of carbonyl (C=O) groups is 3. The summed E-state index contributed by atoms with van der Waals surface area (Å²) in [7, 11) is 0. The van der Waals surface area contributed by atoms with Gasteiger partial charge in [-0.3, -0.25) is 9.59 Å². The van der Waals surface area contributed by atoms with Crippen molar-refractivity contribution >= 4 is 17.9 Å². The largest absolute Gasteiger partial charge is 0.479 e. The van der Waals surface area contributed by atoms with Crippen molar-refractivity contribution in [3.8, 4) is 0 Å². The molecule has 1 aliphatic rings. The standard InChI is InChI=1S/C17H20O9/c1-9(18)24-13-12(23-8-11-6-4-3-5-7-11)15(25-10(2)19)17(22)26-14(13)16(20)21/h3-7,12-15,17,22H,8H2,1-2H3,(H,20,21)/t12-,13-,14-,15+,17?/m0/s1. The van der Waals surface area contributed by atoms with Crippen molar-refractivity contribution in [2.24, 2.45) is 0 Å². The number of hydrogen-bond acceptors (Lipinski definition) is 8. The predicted molar refractivity (Wildman–Crippen MR) is 84.6 cm³/mol. The first kappa shape index (κ1) is 19.8. The van der Waals surface area contributed by atoms with Crippen LogP contribution in [0.25, 0.3) is 0 Å². The average molecular weight is 368 g/mol. The third kappa shape index (κ3) is 5.01. The second-order valence-corrected chi connectivity index (χ2v) is 5.69. The molecule has 9 nitrogen and oxygen atoms in total. The molecule has 0 radical (unpaired) electrons. The maximum Gasteiger partial charge on any atom is 0.336 e. The number of carboxylic acid groups (broad SMARTS) is 1. The van der Waals surface area contributed by atoms with E-state index in [1.54, 1.807) is 24.3 Å². The minimum Gasteiger partial charge on any atom is -0.479 e. The molecule has 0 aliphatic carbocycles. The van der Waals surface area contributed by atoms with Crippen molar-refractivity contribution in [1.29, 1.82) is 0 Å². The van der Waals surface area contributed by atoms with E-state index in [9.17, 15) is 24.6 Å². The van der Waals surface area contributed by atoms with E-state index < -0.39 is 48.6 Å². The molecule has 1 unspecified atom stereocenters. The second kappa shape index (κ2) is 8.75. The van der Waals surface area contributed by atoms with Crippen LogP contribution in [0.1, 0.15) is 19.4 Å². The zero-order valence-electron chi connectivity index (χ0n) is 14.2. The third-order valence-corrected chi connectivity index (χ3v) is 3.65. The molecule has 5 atom stereocenters. The average Bonchev–Trinajstić information content (AvgIpc) is 2.56. The van der Waals surface area contributed by atoms with E-state index in [4.69, 9.17) is 18.9 Å². The molecule has 0 saturated carbocycles. The molecule has 0 amide bonds. The molecule has 9 heteroatoms. The Labute approximate surface area is 149 Å². The van der Waals surface area contributed by atoms with E-state index in [-0.39, 0.29) is 6.61 Å². The molecule has 1 fully saturated rings. The molecule has 1 aliphatic heterocycles. The van der Waals surface area contributed by atoms with Crippen LogP contribution in [0, 0.1) is 0 Å². The van der Waals surface area contributed by atoms with Crippen LogP contribution < -0.4 is 0 Å². The molecule has 1 aromatic carbocycles. The van der Waals surface area contributed by atoms with Gasteiger partial charge in [-0.15, -0.1) is 0 Å². The van der Waals surface area contributed by atoms with Crippen LogP contribution in [0.2, 0.25) is 0 Å². The van der Waals surface area contributed by atoms with Crippen molar-refractivity contribution in [3.05, 3.63) is 35.9 Å². The van der Waals surface area contributed by atoms with E-state index >= 15 is 0 Å². The number of carboxylic acids is 1. The van der Waals surface area contributed by atoms with Crippen LogP contribution in [-0.4, -0.2) is 58.8 Å². The van der Waals surface area contributed by atoms with Crippen LogP contribution in [-0.2, 0) is 39.9 Å². The Morgan fingerprint density at radius 1 is 1.00 bits per heavy atom. The predicted octanol–water partition coefficient (Wildman–Crippen LogP) is 0.237. The van der Waals surface area contributed by atoms with Crippen molar-refractivity contribution in [3.63, 3.8) is 0 Å². The Morgan fingerprint density at radius 3 is 2.12 bits per heavy atom. The summed E-state index contributed by atoms with van der Waals surface area (Å²) in [6.45, 7) is 2.23. The number of ether oxygens (including phenoxy) is 4. The highest BCUT2D eigenvalue weighted by Gasteiger charge is 2.52. The molecule has 0 bridgehead atoms. The molecular weight excluding hydrogens is 348 g/mol. The third-order valence-electron chi connectivity index (χ3n) is 3.65. The quantitative estimate of drug-likeness (QED) is 0.678. The van der Waals surface area contributed by atoms with E-state index in [2.05, 4.69) is 0 Å². The van der Waals surface area contributed by atoms with Gasteiger partial charge in [0.05, 0.1) is 6.61 Å². The number of esters is 2. The molecule has 142 valence electrons. The van der Waals surface area contributed by atoms with Gasteiger partial charge in [-0.1, -0.05) is 30.3 Å². The van der Waals surface area contributed by atoms with Gasteiger partial charge in [-0.25, -0.2) is 4.79 Å². The number of hydrogen-bond donors (Lipinski definition) is 2. The first-order valence-electron chi connectivity index (χ1n) is 7.86. The molecule has 2 rings (SSSR count). The van der Waals surface area contributed by atoms with Gasteiger partial charge >= 0.3 is 17.9 Å². The van der Waals surface area contributed by atoms with Crippen molar-refractivity contribution in [2.45, 2.75) is 51.2 Å².